The van der Waals surface area contributed by atoms with Gasteiger partial charge in [0.1, 0.15) is 11.6 Å². The molecular weight excluding hydrogens is 590 g/mol. The van der Waals surface area contributed by atoms with E-state index in [1.807, 2.05) is 70.2 Å². The van der Waals surface area contributed by atoms with E-state index < -0.39 is 35.1 Å². The van der Waals surface area contributed by atoms with Gasteiger partial charge in [0, 0.05) is 18.8 Å². The van der Waals surface area contributed by atoms with E-state index in [-0.39, 0.29) is 43.3 Å². The molecule has 3 saturated heterocycles. The van der Waals surface area contributed by atoms with Crippen molar-refractivity contribution in [3.05, 3.63) is 84.4 Å². The quantitative estimate of drug-likeness (QED) is 0.309. The van der Waals surface area contributed by atoms with Crippen LogP contribution in [0.15, 0.2) is 73.8 Å². The van der Waals surface area contributed by atoms with E-state index in [2.05, 4.69) is 13.2 Å². The number of benzene rings is 2. The first kappa shape index (κ1) is 32.9. The summed E-state index contributed by atoms with van der Waals surface area (Å²) in [5.74, 6) is -2.57. The molecule has 0 radical (unpaired) electrons. The van der Waals surface area contributed by atoms with Crippen molar-refractivity contribution in [1.82, 2.24) is 4.90 Å². The van der Waals surface area contributed by atoms with E-state index in [9.17, 15) is 14.7 Å². The van der Waals surface area contributed by atoms with Gasteiger partial charge in [0.25, 0.3) is 5.91 Å². The fourth-order valence-corrected chi connectivity index (χ4v) is 8.32. The van der Waals surface area contributed by atoms with E-state index in [0.29, 0.717) is 35.7 Å². The topological polar surface area (TPSA) is 90.4 Å². The van der Waals surface area contributed by atoms with E-state index in [0.717, 1.165) is 5.56 Å². The molecule has 3 fully saturated rings. The zero-order valence-electron chi connectivity index (χ0n) is 26.6. The fraction of sp³-hybridized carbons (Fsp3) is 0.472. The van der Waals surface area contributed by atoms with Gasteiger partial charge in [-0.15, -0.1) is 13.2 Å². The summed E-state index contributed by atoms with van der Waals surface area (Å²) >= 11 is 6.69. The van der Waals surface area contributed by atoms with E-state index >= 15 is 4.79 Å². The molecule has 2 unspecified atom stereocenters. The number of rotatable bonds is 12. The molecule has 5 rings (SSSR count). The lowest BCUT2D eigenvalue weighted by atomic mass is 9.66. The molecule has 0 saturated carbocycles. The molecule has 240 valence electrons. The second-order valence-electron chi connectivity index (χ2n) is 13.2. The number of likely N-dealkylation sites (tertiary alicyclic amines) is 1. The molecule has 0 aromatic heterocycles. The molecule has 1 N–H and O–H groups in total. The van der Waals surface area contributed by atoms with Crippen LogP contribution in [0.25, 0.3) is 0 Å². The molecule has 3 aliphatic rings. The van der Waals surface area contributed by atoms with Gasteiger partial charge in [0.15, 0.2) is 0 Å². The minimum atomic E-state index is -1.27. The van der Waals surface area contributed by atoms with Crippen molar-refractivity contribution in [3.63, 3.8) is 0 Å². The highest BCUT2D eigenvalue weighted by Gasteiger charge is 2.79. The maximum atomic E-state index is 15.0. The number of anilines is 2. The van der Waals surface area contributed by atoms with Crippen molar-refractivity contribution in [2.24, 2.45) is 17.8 Å². The number of hydrogen-bond acceptors (Lipinski definition) is 5. The molecule has 3 aliphatic heterocycles. The molecule has 1 spiro atoms. The Morgan fingerprint density at radius 1 is 1.07 bits per heavy atom. The van der Waals surface area contributed by atoms with Crippen LogP contribution < -0.4 is 9.80 Å². The molecular formula is C36H44ClN3O5. The highest BCUT2D eigenvalue weighted by atomic mass is 35.5. The Morgan fingerprint density at radius 3 is 2.33 bits per heavy atom. The van der Waals surface area contributed by atoms with Gasteiger partial charge in [-0.05, 0) is 62.8 Å². The molecule has 0 aliphatic carbocycles. The maximum absolute atomic E-state index is 15.0. The predicted octanol–water partition coefficient (Wildman–Crippen LogP) is 5.56. The number of carbonyl (C=O) groups excluding carboxylic acids is 3. The van der Waals surface area contributed by atoms with Gasteiger partial charge in [-0.3, -0.25) is 14.4 Å². The number of aryl methyl sites for hydroxylation is 1. The molecule has 2 bridgehead atoms. The SMILES string of the molecule is C=CCN(C(=O)[C@H]1[C@H]2C(=O)N([C@@H](CO)CC(C)C)C(C(=O)N(CC=C)c3c(C)cccc3Cl)C23CC[C@]1(C)O3)c1ccccc1. The molecule has 8 nitrogen and oxygen atoms in total. The monoisotopic (exact) mass is 633 g/mol. The van der Waals surface area contributed by atoms with E-state index in [1.165, 1.54) is 0 Å². The van der Waals surface area contributed by atoms with Crippen molar-refractivity contribution >= 4 is 40.7 Å². The zero-order chi connectivity index (χ0) is 32.7. The molecule has 3 amide bonds. The van der Waals surface area contributed by atoms with Crippen LogP contribution >= 0.6 is 11.6 Å². The molecule has 3 heterocycles. The van der Waals surface area contributed by atoms with Crippen LogP contribution in [0.2, 0.25) is 5.02 Å². The standard InChI is InChI=1S/C36H44ClN3O5/c1-7-19-38(25-14-10-9-11-15-25)32(42)28-29-33(43)40(26(22-41)21-23(3)4)31(36(29)18-17-35(28,6)45-36)34(44)39(20-8-2)30-24(5)13-12-16-27(30)37/h7-16,23,26,28-29,31,41H,1-2,17-22H2,3-6H3/t26-,28-,29+,31?,35+,36?/m1/s1. The Balaban J connectivity index is 1.66. The fourth-order valence-electron chi connectivity index (χ4n) is 7.99. The summed E-state index contributed by atoms with van der Waals surface area (Å²) in [7, 11) is 0. The third kappa shape index (κ3) is 5.41. The van der Waals surface area contributed by atoms with Crippen LogP contribution in [-0.2, 0) is 19.1 Å². The minimum Gasteiger partial charge on any atom is -0.394 e. The van der Waals surface area contributed by atoms with Crippen LogP contribution in [0.3, 0.4) is 0 Å². The second-order valence-corrected chi connectivity index (χ2v) is 13.6. The summed E-state index contributed by atoms with van der Waals surface area (Å²) in [4.78, 5) is 49.2. The average Bonchev–Trinajstić information content (AvgIpc) is 3.58. The number of nitrogens with zero attached hydrogens (tertiary/aromatic N) is 3. The lowest BCUT2D eigenvalue weighted by Gasteiger charge is -2.40. The average molecular weight is 634 g/mol. The highest BCUT2D eigenvalue weighted by Crippen LogP contribution is 2.64. The summed E-state index contributed by atoms with van der Waals surface area (Å²) in [6, 6.07) is 13.0. The summed E-state index contributed by atoms with van der Waals surface area (Å²) in [5.41, 5.74) is -0.209. The zero-order valence-corrected chi connectivity index (χ0v) is 27.4. The summed E-state index contributed by atoms with van der Waals surface area (Å²) in [6.07, 6.45) is 4.69. The Hall–Kier alpha value is -3.46. The summed E-state index contributed by atoms with van der Waals surface area (Å²) < 4.78 is 6.90. The van der Waals surface area contributed by atoms with Gasteiger partial charge in [0.2, 0.25) is 11.8 Å². The smallest absolute Gasteiger partial charge is 0.253 e. The molecule has 45 heavy (non-hydrogen) atoms. The van der Waals surface area contributed by atoms with Crippen LogP contribution in [0.1, 0.15) is 45.6 Å². The summed E-state index contributed by atoms with van der Waals surface area (Å²) in [5, 5.41) is 11.1. The van der Waals surface area contributed by atoms with Crippen LogP contribution in [0, 0.1) is 24.7 Å². The molecule has 2 aromatic rings. The first-order chi connectivity index (χ1) is 21.5. The highest BCUT2D eigenvalue weighted by molar-refractivity contribution is 6.34. The predicted molar refractivity (Wildman–Crippen MR) is 177 cm³/mol. The normalized spacial score (nSPS) is 27.4. The summed E-state index contributed by atoms with van der Waals surface area (Å²) in [6.45, 7) is 15.6. The second kappa shape index (κ2) is 12.7. The molecule has 9 heteroatoms. The Kier molecular flexibility index (Phi) is 9.32. The number of para-hydroxylation sites is 2. The Bertz CT molecular complexity index is 1460. The lowest BCUT2D eigenvalue weighted by Crippen LogP contribution is -2.59. The van der Waals surface area contributed by atoms with Crippen LogP contribution in [0.4, 0.5) is 11.4 Å². The van der Waals surface area contributed by atoms with E-state index in [1.54, 1.807) is 32.9 Å². The molecule has 2 aromatic carbocycles. The van der Waals surface area contributed by atoms with Gasteiger partial charge in [-0.25, -0.2) is 0 Å². The number of fused-ring (bicyclic) bond motifs is 1. The Labute approximate surface area is 271 Å². The van der Waals surface area contributed by atoms with Gasteiger partial charge in [0.05, 0.1) is 40.8 Å². The number of carbonyl (C=O) groups is 3. The van der Waals surface area contributed by atoms with Crippen LogP contribution in [-0.4, -0.2) is 70.7 Å². The van der Waals surface area contributed by atoms with Gasteiger partial charge in [-0.2, -0.15) is 0 Å². The third-order valence-electron chi connectivity index (χ3n) is 9.74. The number of aliphatic hydroxyl groups excluding tert-OH is 1. The molecule has 6 atom stereocenters. The number of ether oxygens (including phenoxy) is 1. The van der Waals surface area contributed by atoms with Crippen molar-refractivity contribution < 1.29 is 24.2 Å². The van der Waals surface area contributed by atoms with Crippen molar-refractivity contribution in [3.8, 4) is 0 Å². The minimum absolute atomic E-state index is 0.132. The largest absolute Gasteiger partial charge is 0.394 e. The van der Waals surface area contributed by atoms with Crippen molar-refractivity contribution in [2.75, 3.05) is 29.5 Å². The van der Waals surface area contributed by atoms with Gasteiger partial charge in [-0.1, -0.05) is 67.9 Å². The Morgan fingerprint density at radius 2 is 1.73 bits per heavy atom. The van der Waals surface area contributed by atoms with Gasteiger partial charge < -0.3 is 24.5 Å². The maximum Gasteiger partial charge on any atom is 0.253 e. The first-order valence-electron chi connectivity index (χ1n) is 15.7. The number of aliphatic hydroxyl groups is 1. The number of amides is 3. The number of halogens is 1. The first-order valence-corrected chi connectivity index (χ1v) is 16.1. The van der Waals surface area contributed by atoms with Gasteiger partial charge >= 0.3 is 0 Å². The van der Waals surface area contributed by atoms with Crippen LogP contribution in [0.5, 0.6) is 0 Å². The van der Waals surface area contributed by atoms with Crippen molar-refractivity contribution in [2.45, 2.75) is 70.2 Å². The van der Waals surface area contributed by atoms with Crippen molar-refractivity contribution in [1.29, 1.82) is 0 Å². The lowest BCUT2D eigenvalue weighted by molar-refractivity contribution is -0.148. The third-order valence-corrected chi connectivity index (χ3v) is 10.0. The van der Waals surface area contributed by atoms with E-state index in [4.69, 9.17) is 16.3 Å². The number of hydrogen-bond donors (Lipinski definition) is 1.